The molecule has 0 radical (unpaired) electrons. The molecule has 7 nitrogen and oxygen atoms in total. The lowest BCUT2D eigenvalue weighted by Crippen LogP contribution is -2.50. The Morgan fingerprint density at radius 1 is 1.19 bits per heavy atom. The molecule has 1 unspecified atom stereocenters. The van der Waals surface area contributed by atoms with Gasteiger partial charge in [0.05, 0.1) is 18.7 Å². The quantitative estimate of drug-likeness (QED) is 0.647. The Kier molecular flexibility index (Phi) is 7.80. The SMILES string of the molecule is CCN(c1ccc(OC)cc1)S(=O)(=O)N1CCCC(C(=O)NCc2ccc(Cl)cc2)C1. The van der Waals surface area contributed by atoms with E-state index in [4.69, 9.17) is 16.3 Å². The summed E-state index contributed by atoms with van der Waals surface area (Å²) in [5, 5.41) is 3.56. The third-order valence-corrected chi connectivity index (χ3v) is 7.65. The molecule has 2 aromatic rings. The highest BCUT2D eigenvalue weighted by Gasteiger charge is 2.35. The number of benzene rings is 2. The summed E-state index contributed by atoms with van der Waals surface area (Å²) in [5.41, 5.74) is 1.51. The van der Waals surface area contributed by atoms with Crippen molar-refractivity contribution in [1.82, 2.24) is 9.62 Å². The van der Waals surface area contributed by atoms with Crippen LogP contribution in [0.1, 0.15) is 25.3 Å². The molecule has 1 atom stereocenters. The van der Waals surface area contributed by atoms with Crippen molar-refractivity contribution in [3.63, 3.8) is 0 Å². The van der Waals surface area contributed by atoms with Gasteiger partial charge < -0.3 is 10.1 Å². The van der Waals surface area contributed by atoms with Crippen molar-refractivity contribution in [2.45, 2.75) is 26.3 Å². The molecule has 3 rings (SSSR count). The summed E-state index contributed by atoms with van der Waals surface area (Å²) in [6, 6.07) is 14.2. The highest BCUT2D eigenvalue weighted by molar-refractivity contribution is 7.90. The molecule has 0 spiro atoms. The van der Waals surface area contributed by atoms with Gasteiger partial charge in [-0.3, -0.25) is 9.10 Å². The van der Waals surface area contributed by atoms with Gasteiger partial charge in [0.25, 0.3) is 0 Å². The van der Waals surface area contributed by atoms with E-state index in [0.29, 0.717) is 48.9 Å². The predicted octanol–water partition coefficient (Wildman–Crippen LogP) is 3.45. The Balaban J connectivity index is 1.66. The molecular formula is C22H28ClN3O4S. The summed E-state index contributed by atoms with van der Waals surface area (Å²) in [4.78, 5) is 12.7. The first-order valence-corrected chi connectivity index (χ1v) is 12.1. The van der Waals surface area contributed by atoms with Crippen LogP contribution in [-0.4, -0.2) is 45.4 Å². The number of carbonyl (C=O) groups is 1. The fraction of sp³-hybridized carbons (Fsp3) is 0.409. The van der Waals surface area contributed by atoms with Crippen molar-refractivity contribution in [1.29, 1.82) is 0 Å². The van der Waals surface area contributed by atoms with E-state index >= 15 is 0 Å². The van der Waals surface area contributed by atoms with Gasteiger partial charge in [0.2, 0.25) is 5.91 Å². The van der Waals surface area contributed by atoms with Crippen molar-refractivity contribution in [2.75, 3.05) is 31.0 Å². The Morgan fingerprint density at radius 3 is 2.48 bits per heavy atom. The van der Waals surface area contributed by atoms with E-state index in [1.54, 1.807) is 50.4 Å². The van der Waals surface area contributed by atoms with Gasteiger partial charge in [0, 0.05) is 31.2 Å². The molecule has 9 heteroatoms. The lowest BCUT2D eigenvalue weighted by Gasteiger charge is -2.35. The minimum absolute atomic E-state index is 0.137. The van der Waals surface area contributed by atoms with E-state index in [9.17, 15) is 13.2 Å². The Bertz CT molecular complexity index is 981. The molecule has 0 bridgehead atoms. The second-order valence-corrected chi connectivity index (χ2v) is 9.70. The summed E-state index contributed by atoms with van der Waals surface area (Å²) in [5.74, 6) is 0.139. The summed E-state index contributed by atoms with van der Waals surface area (Å²) >= 11 is 5.89. The van der Waals surface area contributed by atoms with Crippen LogP contribution >= 0.6 is 11.6 Å². The topological polar surface area (TPSA) is 79.0 Å². The zero-order chi connectivity index (χ0) is 22.4. The molecule has 1 fully saturated rings. The summed E-state index contributed by atoms with van der Waals surface area (Å²) in [6.45, 7) is 3.03. The molecular weight excluding hydrogens is 438 g/mol. The number of ether oxygens (including phenoxy) is 1. The van der Waals surface area contributed by atoms with Crippen LogP contribution < -0.4 is 14.4 Å². The molecule has 1 amide bonds. The monoisotopic (exact) mass is 465 g/mol. The highest BCUT2D eigenvalue weighted by atomic mass is 35.5. The third kappa shape index (κ3) is 5.70. The summed E-state index contributed by atoms with van der Waals surface area (Å²) < 4.78 is 34.6. The van der Waals surface area contributed by atoms with E-state index in [0.717, 1.165) is 5.56 Å². The number of nitrogens with one attached hydrogen (secondary N) is 1. The van der Waals surface area contributed by atoms with Gasteiger partial charge in [0.1, 0.15) is 5.75 Å². The zero-order valence-electron chi connectivity index (χ0n) is 17.8. The predicted molar refractivity (Wildman–Crippen MR) is 123 cm³/mol. The van der Waals surface area contributed by atoms with E-state index in [1.807, 2.05) is 12.1 Å². The van der Waals surface area contributed by atoms with Crippen LogP contribution in [0.4, 0.5) is 5.69 Å². The third-order valence-electron chi connectivity index (χ3n) is 5.39. The van der Waals surface area contributed by atoms with E-state index in [1.165, 1.54) is 8.61 Å². The number of methoxy groups -OCH3 is 1. The van der Waals surface area contributed by atoms with E-state index in [2.05, 4.69) is 5.32 Å². The maximum atomic E-state index is 13.3. The number of halogens is 1. The number of amides is 1. The van der Waals surface area contributed by atoms with Crippen molar-refractivity contribution in [3.05, 3.63) is 59.1 Å². The van der Waals surface area contributed by atoms with Gasteiger partial charge in [-0.25, -0.2) is 0 Å². The number of hydrogen-bond donors (Lipinski definition) is 1. The number of piperidine rings is 1. The molecule has 0 aromatic heterocycles. The molecule has 1 saturated heterocycles. The van der Waals surface area contributed by atoms with Gasteiger partial charge in [-0.05, 0) is 61.7 Å². The van der Waals surface area contributed by atoms with Crippen molar-refractivity contribution in [2.24, 2.45) is 5.92 Å². The van der Waals surface area contributed by atoms with Gasteiger partial charge >= 0.3 is 10.2 Å². The number of anilines is 1. The normalized spacial score (nSPS) is 17.2. The Morgan fingerprint density at radius 2 is 1.87 bits per heavy atom. The number of hydrogen-bond acceptors (Lipinski definition) is 4. The Labute approximate surface area is 189 Å². The van der Waals surface area contributed by atoms with Crippen LogP contribution in [0, 0.1) is 5.92 Å². The van der Waals surface area contributed by atoms with Crippen LogP contribution in [0.2, 0.25) is 5.02 Å². The zero-order valence-corrected chi connectivity index (χ0v) is 19.3. The molecule has 0 saturated carbocycles. The summed E-state index contributed by atoms with van der Waals surface area (Å²) in [7, 11) is -2.19. The molecule has 31 heavy (non-hydrogen) atoms. The highest BCUT2D eigenvalue weighted by Crippen LogP contribution is 2.27. The second kappa shape index (κ2) is 10.3. The van der Waals surface area contributed by atoms with Crippen LogP contribution in [0.15, 0.2) is 48.5 Å². The minimum Gasteiger partial charge on any atom is -0.497 e. The van der Waals surface area contributed by atoms with Gasteiger partial charge in [0.15, 0.2) is 0 Å². The first-order valence-electron chi connectivity index (χ1n) is 10.3. The second-order valence-electron chi connectivity index (χ2n) is 7.41. The van der Waals surface area contributed by atoms with Crippen LogP contribution in [0.25, 0.3) is 0 Å². The maximum absolute atomic E-state index is 13.3. The van der Waals surface area contributed by atoms with Crippen LogP contribution in [0.5, 0.6) is 5.75 Å². The minimum atomic E-state index is -3.75. The van der Waals surface area contributed by atoms with Crippen molar-refractivity contribution >= 4 is 33.4 Å². The molecule has 1 heterocycles. The molecule has 0 aliphatic carbocycles. The molecule has 1 N–H and O–H groups in total. The maximum Gasteiger partial charge on any atom is 0.304 e. The van der Waals surface area contributed by atoms with Crippen molar-refractivity contribution < 1.29 is 17.9 Å². The fourth-order valence-corrected chi connectivity index (χ4v) is 5.52. The Hall–Kier alpha value is -2.29. The lowest BCUT2D eigenvalue weighted by molar-refractivity contribution is -0.126. The standard InChI is InChI=1S/C22H28ClN3O4S/c1-3-26(20-10-12-21(30-2)13-11-20)31(28,29)25-14-4-5-18(16-25)22(27)24-15-17-6-8-19(23)9-7-17/h6-13,18H,3-5,14-16H2,1-2H3,(H,24,27). The smallest absolute Gasteiger partial charge is 0.304 e. The fourth-order valence-electron chi connectivity index (χ4n) is 3.67. The average Bonchev–Trinajstić information content (AvgIpc) is 2.79. The average molecular weight is 466 g/mol. The molecule has 2 aromatic carbocycles. The van der Waals surface area contributed by atoms with Crippen molar-refractivity contribution in [3.8, 4) is 5.75 Å². The first-order chi connectivity index (χ1) is 14.8. The van der Waals surface area contributed by atoms with Crippen LogP contribution in [0.3, 0.4) is 0 Å². The summed E-state index contributed by atoms with van der Waals surface area (Å²) in [6.07, 6.45) is 1.30. The van der Waals surface area contributed by atoms with Crippen LogP contribution in [-0.2, 0) is 21.5 Å². The number of rotatable bonds is 8. The first kappa shape index (κ1) is 23.4. The van der Waals surface area contributed by atoms with Gasteiger partial charge in [-0.15, -0.1) is 0 Å². The largest absolute Gasteiger partial charge is 0.497 e. The van der Waals surface area contributed by atoms with E-state index in [-0.39, 0.29) is 18.4 Å². The molecule has 168 valence electrons. The van der Waals surface area contributed by atoms with E-state index < -0.39 is 10.2 Å². The number of carbonyl (C=O) groups excluding carboxylic acids is 1. The lowest BCUT2D eigenvalue weighted by atomic mass is 9.99. The molecule has 1 aliphatic rings. The van der Waals surface area contributed by atoms with Gasteiger partial charge in [-0.2, -0.15) is 12.7 Å². The van der Waals surface area contributed by atoms with Gasteiger partial charge in [-0.1, -0.05) is 23.7 Å². The number of nitrogens with zero attached hydrogens (tertiary/aromatic N) is 2. The molecule has 1 aliphatic heterocycles.